The van der Waals surface area contributed by atoms with Gasteiger partial charge in [-0.1, -0.05) is 24.3 Å². The van der Waals surface area contributed by atoms with Gasteiger partial charge in [-0.25, -0.2) is 9.59 Å². The predicted molar refractivity (Wildman–Crippen MR) is 135 cm³/mol. The zero-order valence-electron chi connectivity index (χ0n) is 19.2. The van der Waals surface area contributed by atoms with Gasteiger partial charge in [0.15, 0.2) is 11.2 Å². The number of thiophene rings is 1. The number of piperazine rings is 1. The molecule has 4 heterocycles. The highest BCUT2D eigenvalue weighted by molar-refractivity contribution is 7.12. The molecule has 1 fully saturated rings. The summed E-state index contributed by atoms with van der Waals surface area (Å²) in [5.41, 5.74) is 1.14. The van der Waals surface area contributed by atoms with Gasteiger partial charge in [0.1, 0.15) is 0 Å². The van der Waals surface area contributed by atoms with E-state index in [4.69, 9.17) is 8.83 Å². The maximum absolute atomic E-state index is 12.7. The molecule has 3 aromatic heterocycles. The molecule has 0 atom stereocenters. The molecule has 0 saturated carbocycles. The number of aryl methyl sites for hydroxylation is 1. The van der Waals surface area contributed by atoms with Gasteiger partial charge in [-0.2, -0.15) is 0 Å². The molecule has 0 unspecified atom stereocenters. The molecular formula is C26H23N3O5S. The molecule has 0 radical (unpaired) electrons. The Hall–Kier alpha value is -3.69. The summed E-state index contributed by atoms with van der Waals surface area (Å²) in [6, 6.07) is 13.8. The SMILES string of the molecule is CCn1c2ccccc2c2cc(CN3CCN(C(=O)c4cccs4)CC3)c3oc(=O)c(=O)oc3c21. The summed E-state index contributed by atoms with van der Waals surface area (Å²) in [5.74, 6) is 0.0617. The normalized spacial score (nSPS) is 14.9. The average molecular weight is 490 g/mol. The fourth-order valence-electron chi connectivity index (χ4n) is 5.04. The number of nitrogens with zero attached hydrogens (tertiary/aromatic N) is 3. The number of fused-ring (bicyclic) bond motifs is 5. The molecule has 9 heteroatoms. The second-order valence-electron chi connectivity index (χ2n) is 8.68. The van der Waals surface area contributed by atoms with Crippen molar-refractivity contribution >= 4 is 50.2 Å². The lowest BCUT2D eigenvalue weighted by molar-refractivity contribution is 0.0633. The molecule has 6 rings (SSSR count). The van der Waals surface area contributed by atoms with Gasteiger partial charge in [0.2, 0.25) is 0 Å². The van der Waals surface area contributed by atoms with Crippen LogP contribution in [-0.2, 0) is 13.1 Å². The fraction of sp³-hybridized carbons (Fsp3) is 0.269. The lowest BCUT2D eigenvalue weighted by Gasteiger charge is -2.34. The number of para-hydroxylation sites is 1. The van der Waals surface area contributed by atoms with Gasteiger partial charge in [-0.05, 0) is 30.5 Å². The summed E-state index contributed by atoms with van der Waals surface area (Å²) in [7, 11) is 0. The minimum Gasteiger partial charge on any atom is -0.414 e. The molecule has 1 amide bonds. The van der Waals surface area contributed by atoms with E-state index in [1.165, 1.54) is 11.3 Å². The van der Waals surface area contributed by atoms with Gasteiger partial charge >= 0.3 is 11.3 Å². The summed E-state index contributed by atoms with van der Waals surface area (Å²) in [6.07, 6.45) is 0. The number of aromatic nitrogens is 1. The van der Waals surface area contributed by atoms with Gasteiger partial charge < -0.3 is 18.3 Å². The van der Waals surface area contributed by atoms with E-state index in [-0.39, 0.29) is 5.91 Å². The second kappa shape index (κ2) is 8.51. The van der Waals surface area contributed by atoms with E-state index in [0.29, 0.717) is 50.4 Å². The van der Waals surface area contributed by atoms with Crippen LogP contribution >= 0.6 is 11.3 Å². The number of carbonyl (C=O) groups excluding carboxylic acids is 1. The molecule has 5 aromatic rings. The van der Waals surface area contributed by atoms with Crippen molar-refractivity contribution in [1.82, 2.24) is 14.4 Å². The van der Waals surface area contributed by atoms with Crippen LogP contribution in [0.3, 0.4) is 0 Å². The first-order chi connectivity index (χ1) is 17.0. The largest absolute Gasteiger partial charge is 0.423 e. The van der Waals surface area contributed by atoms with Crippen molar-refractivity contribution in [1.29, 1.82) is 0 Å². The third kappa shape index (κ3) is 3.59. The lowest BCUT2D eigenvalue weighted by Crippen LogP contribution is -2.48. The first-order valence-corrected chi connectivity index (χ1v) is 12.5. The maximum atomic E-state index is 12.7. The van der Waals surface area contributed by atoms with E-state index in [0.717, 1.165) is 32.2 Å². The van der Waals surface area contributed by atoms with Crippen LogP contribution < -0.4 is 11.3 Å². The Labute approximate surface area is 203 Å². The van der Waals surface area contributed by atoms with Crippen LogP contribution in [0.2, 0.25) is 0 Å². The Kier molecular flexibility index (Phi) is 5.31. The molecule has 178 valence electrons. The van der Waals surface area contributed by atoms with Crippen molar-refractivity contribution < 1.29 is 13.6 Å². The minimum atomic E-state index is -1.01. The van der Waals surface area contributed by atoms with E-state index in [1.54, 1.807) is 0 Å². The monoisotopic (exact) mass is 489 g/mol. The molecule has 1 aliphatic heterocycles. The highest BCUT2D eigenvalue weighted by Crippen LogP contribution is 2.36. The molecular weight excluding hydrogens is 466 g/mol. The van der Waals surface area contributed by atoms with Crippen molar-refractivity contribution in [3.63, 3.8) is 0 Å². The molecule has 0 aliphatic carbocycles. The Balaban J connectivity index is 1.41. The molecule has 8 nitrogen and oxygen atoms in total. The Morgan fingerprint density at radius 1 is 0.943 bits per heavy atom. The van der Waals surface area contributed by atoms with E-state index >= 15 is 0 Å². The highest BCUT2D eigenvalue weighted by atomic mass is 32.1. The van der Waals surface area contributed by atoms with Gasteiger partial charge in [0.05, 0.1) is 10.4 Å². The van der Waals surface area contributed by atoms with Crippen LogP contribution in [0.5, 0.6) is 0 Å². The van der Waals surface area contributed by atoms with Gasteiger partial charge in [0.25, 0.3) is 5.91 Å². The van der Waals surface area contributed by atoms with Crippen LogP contribution in [0, 0.1) is 0 Å². The highest BCUT2D eigenvalue weighted by Gasteiger charge is 2.25. The summed E-state index contributed by atoms with van der Waals surface area (Å²) in [4.78, 5) is 41.8. The van der Waals surface area contributed by atoms with Crippen LogP contribution in [0.4, 0.5) is 0 Å². The van der Waals surface area contributed by atoms with Crippen molar-refractivity contribution in [2.24, 2.45) is 0 Å². The summed E-state index contributed by atoms with van der Waals surface area (Å²) < 4.78 is 13.1. The summed E-state index contributed by atoms with van der Waals surface area (Å²) >= 11 is 1.45. The molecule has 0 spiro atoms. The number of hydrogen-bond acceptors (Lipinski definition) is 7. The van der Waals surface area contributed by atoms with Crippen LogP contribution in [0.25, 0.3) is 33.0 Å². The van der Waals surface area contributed by atoms with Gasteiger partial charge in [-0.15, -0.1) is 11.3 Å². The average Bonchev–Trinajstić information content (AvgIpc) is 3.52. The molecule has 35 heavy (non-hydrogen) atoms. The Morgan fingerprint density at radius 2 is 1.69 bits per heavy atom. The Morgan fingerprint density at radius 3 is 2.40 bits per heavy atom. The number of benzene rings is 2. The second-order valence-corrected chi connectivity index (χ2v) is 9.62. The number of carbonyl (C=O) groups is 1. The predicted octanol–water partition coefficient (Wildman–Crippen LogP) is 3.89. The Bertz CT molecular complexity index is 1690. The zero-order valence-corrected chi connectivity index (χ0v) is 20.0. The van der Waals surface area contributed by atoms with Crippen molar-refractivity contribution in [3.8, 4) is 0 Å². The van der Waals surface area contributed by atoms with E-state index < -0.39 is 11.3 Å². The third-order valence-corrected chi connectivity index (χ3v) is 7.56. The first-order valence-electron chi connectivity index (χ1n) is 11.6. The third-order valence-electron chi connectivity index (χ3n) is 6.70. The van der Waals surface area contributed by atoms with Crippen LogP contribution in [0.1, 0.15) is 22.2 Å². The van der Waals surface area contributed by atoms with Crippen molar-refractivity contribution in [3.05, 3.63) is 79.1 Å². The van der Waals surface area contributed by atoms with Crippen molar-refractivity contribution in [2.75, 3.05) is 26.2 Å². The molecule has 2 aromatic carbocycles. The first kappa shape index (κ1) is 21.8. The van der Waals surface area contributed by atoms with E-state index in [2.05, 4.69) is 9.47 Å². The minimum absolute atomic E-state index is 0.0617. The maximum Gasteiger partial charge on any atom is 0.423 e. The standard InChI is InChI=1S/C26H23N3O5S/c1-2-29-19-7-4-3-6-17(19)18-14-16(22-23(21(18)29)34-26(32)25(31)33-22)15-27-9-11-28(12-10-27)24(30)20-8-5-13-35-20/h3-8,13-14H,2,9-12,15H2,1H3. The number of rotatable bonds is 4. The van der Waals surface area contributed by atoms with E-state index in [9.17, 15) is 14.4 Å². The molecule has 0 N–H and O–H groups in total. The summed E-state index contributed by atoms with van der Waals surface area (Å²) in [5, 5.41) is 3.91. The quantitative estimate of drug-likeness (QED) is 0.356. The van der Waals surface area contributed by atoms with Crippen LogP contribution in [-0.4, -0.2) is 46.5 Å². The molecule has 1 aliphatic rings. The van der Waals surface area contributed by atoms with E-state index in [1.807, 2.05) is 59.7 Å². The van der Waals surface area contributed by atoms with Gasteiger partial charge in [-0.3, -0.25) is 9.69 Å². The molecule has 1 saturated heterocycles. The smallest absolute Gasteiger partial charge is 0.414 e. The summed E-state index contributed by atoms with van der Waals surface area (Å²) in [6.45, 7) is 5.82. The number of hydrogen-bond donors (Lipinski definition) is 0. The molecule has 0 bridgehead atoms. The fourth-order valence-corrected chi connectivity index (χ4v) is 5.73. The topological polar surface area (TPSA) is 88.9 Å². The van der Waals surface area contributed by atoms with Crippen LogP contribution in [0.15, 0.2) is 66.3 Å². The zero-order chi connectivity index (χ0) is 24.1. The lowest BCUT2D eigenvalue weighted by atomic mass is 10.1. The number of amides is 1. The van der Waals surface area contributed by atoms with Crippen molar-refractivity contribution in [2.45, 2.75) is 20.0 Å². The van der Waals surface area contributed by atoms with Gasteiger partial charge in [0, 0.05) is 61.1 Å².